The average molecular weight is 381 g/mol. The molecule has 2 aliphatic rings. The number of amides is 4. The summed E-state index contributed by atoms with van der Waals surface area (Å²) in [7, 11) is 0. The summed E-state index contributed by atoms with van der Waals surface area (Å²) in [5.74, 6) is -1.28. The summed E-state index contributed by atoms with van der Waals surface area (Å²) in [6.45, 7) is 3.14. The van der Waals surface area contributed by atoms with Gasteiger partial charge < -0.3 is 10.2 Å². The van der Waals surface area contributed by atoms with Crippen LogP contribution in [-0.2, 0) is 21.5 Å². The second-order valence-corrected chi connectivity index (χ2v) is 7.40. The number of para-hydroxylation sites is 1. The number of nitrogens with zero attached hydrogens (tertiary/aromatic N) is 2. The van der Waals surface area contributed by atoms with Gasteiger partial charge in [0.05, 0.1) is 0 Å². The zero-order chi connectivity index (χ0) is 20.1. The van der Waals surface area contributed by atoms with Gasteiger partial charge in [0, 0.05) is 11.7 Å². The number of hydrogen-bond donors (Lipinski definition) is 1. The van der Waals surface area contributed by atoms with Crippen LogP contribution in [0.1, 0.15) is 25.0 Å². The minimum absolute atomic E-state index is 0.0471. The van der Waals surface area contributed by atoms with E-state index in [9.17, 15) is 18.8 Å². The van der Waals surface area contributed by atoms with Gasteiger partial charge in [-0.3, -0.25) is 14.5 Å². The first kappa shape index (κ1) is 18.2. The van der Waals surface area contributed by atoms with E-state index in [1.807, 2.05) is 31.2 Å². The van der Waals surface area contributed by atoms with Crippen molar-refractivity contribution in [3.05, 3.63) is 65.5 Å². The van der Waals surface area contributed by atoms with Crippen LogP contribution in [0, 0.1) is 5.82 Å². The smallest absolute Gasteiger partial charge is 0.319 e. The van der Waals surface area contributed by atoms with E-state index in [0.717, 1.165) is 22.6 Å². The van der Waals surface area contributed by atoms with Gasteiger partial charge >= 0.3 is 6.03 Å². The first-order valence-corrected chi connectivity index (χ1v) is 9.11. The number of anilines is 1. The predicted octanol–water partition coefficient (Wildman–Crippen LogP) is 2.57. The number of carbonyl (C=O) groups is 3. The Hall–Kier alpha value is -3.22. The first-order chi connectivity index (χ1) is 13.3. The first-order valence-electron chi connectivity index (χ1n) is 9.11. The highest BCUT2D eigenvalue weighted by atomic mass is 19.1. The van der Waals surface area contributed by atoms with E-state index in [1.54, 1.807) is 11.8 Å². The summed E-state index contributed by atoms with van der Waals surface area (Å²) in [5.41, 5.74) is 1.01. The van der Waals surface area contributed by atoms with Crippen LogP contribution in [0.3, 0.4) is 0 Å². The van der Waals surface area contributed by atoms with Crippen LogP contribution in [0.2, 0.25) is 0 Å². The molecule has 2 atom stereocenters. The fourth-order valence-electron chi connectivity index (χ4n) is 3.98. The number of halogens is 1. The molecule has 7 heteroatoms. The molecule has 4 rings (SSSR count). The molecule has 2 aromatic rings. The minimum atomic E-state index is -1.33. The van der Waals surface area contributed by atoms with Crippen molar-refractivity contribution in [1.82, 2.24) is 10.2 Å². The molecule has 0 radical (unpaired) electrons. The highest BCUT2D eigenvalue weighted by molar-refractivity contribution is 6.10. The van der Waals surface area contributed by atoms with E-state index in [4.69, 9.17) is 0 Å². The van der Waals surface area contributed by atoms with E-state index >= 15 is 0 Å². The molecule has 2 aliphatic heterocycles. The third-order valence-corrected chi connectivity index (χ3v) is 5.47. The lowest BCUT2D eigenvalue weighted by Gasteiger charge is -2.25. The molecule has 4 amide bonds. The van der Waals surface area contributed by atoms with Crippen molar-refractivity contribution in [2.24, 2.45) is 0 Å². The van der Waals surface area contributed by atoms with Gasteiger partial charge in [0.2, 0.25) is 5.91 Å². The van der Waals surface area contributed by atoms with Gasteiger partial charge in [0.15, 0.2) is 0 Å². The molecular formula is C21H20FN3O3. The highest BCUT2D eigenvalue weighted by Gasteiger charge is 2.50. The van der Waals surface area contributed by atoms with E-state index in [2.05, 4.69) is 5.32 Å². The average Bonchev–Trinajstić information content (AvgIpc) is 3.11. The lowest BCUT2D eigenvalue weighted by atomic mass is 9.92. The number of rotatable bonds is 3. The number of imide groups is 1. The standard InChI is InChI=1S/C21H20FN3O3/c1-13-11-14-5-3-4-6-17(14)25(13)18(26)12-24-19(27)21(2,23-20(24)28)15-7-9-16(22)10-8-15/h3-10,13H,11-12H2,1-2H3,(H,23,28)/t13-,21-/m1/s1. The van der Waals surface area contributed by atoms with Crippen molar-refractivity contribution in [2.75, 3.05) is 11.4 Å². The second-order valence-electron chi connectivity index (χ2n) is 7.40. The lowest BCUT2D eigenvalue weighted by molar-refractivity contribution is -0.134. The Kier molecular flexibility index (Phi) is 4.18. The molecule has 144 valence electrons. The Bertz CT molecular complexity index is 975. The molecule has 1 saturated heterocycles. The summed E-state index contributed by atoms with van der Waals surface area (Å²) in [6, 6.07) is 12.3. The molecule has 0 bridgehead atoms. The fraction of sp³-hybridized carbons (Fsp3) is 0.286. The third-order valence-electron chi connectivity index (χ3n) is 5.47. The topological polar surface area (TPSA) is 69.7 Å². The number of carbonyl (C=O) groups excluding carboxylic acids is 3. The zero-order valence-corrected chi connectivity index (χ0v) is 15.6. The number of benzene rings is 2. The molecule has 1 fully saturated rings. The van der Waals surface area contributed by atoms with Crippen LogP contribution in [0.4, 0.5) is 14.9 Å². The van der Waals surface area contributed by atoms with Crippen LogP contribution in [0.15, 0.2) is 48.5 Å². The van der Waals surface area contributed by atoms with E-state index in [1.165, 1.54) is 24.3 Å². The van der Waals surface area contributed by atoms with Crippen molar-refractivity contribution in [3.8, 4) is 0 Å². The summed E-state index contributed by atoms with van der Waals surface area (Å²) >= 11 is 0. The Labute approximate surface area is 161 Å². The molecule has 6 nitrogen and oxygen atoms in total. The molecule has 28 heavy (non-hydrogen) atoms. The van der Waals surface area contributed by atoms with Crippen molar-refractivity contribution in [1.29, 1.82) is 0 Å². The lowest BCUT2D eigenvalue weighted by Crippen LogP contribution is -2.46. The van der Waals surface area contributed by atoms with Crippen molar-refractivity contribution >= 4 is 23.5 Å². The van der Waals surface area contributed by atoms with Gasteiger partial charge in [-0.05, 0) is 49.6 Å². The molecule has 0 aromatic heterocycles. The third kappa shape index (κ3) is 2.74. The minimum Gasteiger partial charge on any atom is -0.319 e. The monoisotopic (exact) mass is 381 g/mol. The van der Waals surface area contributed by atoms with Crippen molar-refractivity contribution in [3.63, 3.8) is 0 Å². The van der Waals surface area contributed by atoms with Crippen LogP contribution in [0.25, 0.3) is 0 Å². The number of fused-ring (bicyclic) bond motifs is 1. The fourth-order valence-corrected chi connectivity index (χ4v) is 3.98. The summed E-state index contributed by atoms with van der Waals surface area (Å²) in [6.07, 6.45) is 0.731. The zero-order valence-electron chi connectivity index (χ0n) is 15.6. The van der Waals surface area contributed by atoms with Crippen LogP contribution >= 0.6 is 0 Å². The summed E-state index contributed by atoms with van der Waals surface area (Å²) in [5, 5.41) is 2.64. The second kappa shape index (κ2) is 6.44. The normalized spacial score (nSPS) is 23.8. The molecule has 2 heterocycles. The predicted molar refractivity (Wildman–Crippen MR) is 101 cm³/mol. The van der Waals surface area contributed by atoms with Crippen molar-refractivity contribution < 1.29 is 18.8 Å². The maximum absolute atomic E-state index is 13.2. The van der Waals surface area contributed by atoms with Gasteiger partial charge in [-0.1, -0.05) is 30.3 Å². The number of urea groups is 1. The van der Waals surface area contributed by atoms with E-state index < -0.39 is 23.3 Å². The van der Waals surface area contributed by atoms with Crippen molar-refractivity contribution in [2.45, 2.75) is 31.8 Å². The van der Waals surface area contributed by atoms with Crippen LogP contribution in [-0.4, -0.2) is 35.3 Å². The van der Waals surface area contributed by atoms with Crippen LogP contribution < -0.4 is 10.2 Å². The number of nitrogens with one attached hydrogen (secondary N) is 1. The molecule has 2 aromatic carbocycles. The SMILES string of the molecule is C[C@@H]1Cc2ccccc2N1C(=O)CN1C(=O)N[C@](C)(c2ccc(F)cc2)C1=O. The molecule has 0 spiro atoms. The van der Waals surface area contributed by atoms with E-state index in [0.29, 0.717) is 5.56 Å². The Morgan fingerprint density at radius 3 is 2.57 bits per heavy atom. The Balaban J connectivity index is 1.57. The van der Waals surface area contributed by atoms with Gasteiger partial charge in [0.1, 0.15) is 17.9 Å². The number of hydrogen-bond acceptors (Lipinski definition) is 3. The quantitative estimate of drug-likeness (QED) is 0.831. The largest absolute Gasteiger partial charge is 0.325 e. The van der Waals surface area contributed by atoms with Crippen LogP contribution in [0.5, 0.6) is 0 Å². The van der Waals surface area contributed by atoms with E-state index in [-0.39, 0.29) is 18.5 Å². The summed E-state index contributed by atoms with van der Waals surface area (Å²) in [4.78, 5) is 41.0. The highest BCUT2D eigenvalue weighted by Crippen LogP contribution is 2.33. The Morgan fingerprint density at radius 2 is 1.86 bits per heavy atom. The van der Waals surface area contributed by atoms with Gasteiger partial charge in [-0.25, -0.2) is 9.18 Å². The van der Waals surface area contributed by atoms with Gasteiger partial charge in [0.25, 0.3) is 5.91 Å². The maximum Gasteiger partial charge on any atom is 0.325 e. The van der Waals surface area contributed by atoms with Gasteiger partial charge in [-0.2, -0.15) is 0 Å². The Morgan fingerprint density at radius 1 is 1.18 bits per heavy atom. The molecule has 0 aliphatic carbocycles. The van der Waals surface area contributed by atoms with Gasteiger partial charge in [-0.15, -0.1) is 0 Å². The summed E-state index contributed by atoms with van der Waals surface area (Å²) < 4.78 is 13.2. The maximum atomic E-state index is 13.2. The molecule has 0 unspecified atom stereocenters. The molecule has 0 saturated carbocycles. The molecular weight excluding hydrogens is 361 g/mol. The molecule has 1 N–H and O–H groups in total.